The van der Waals surface area contributed by atoms with E-state index in [0.29, 0.717) is 22.6 Å². The Labute approximate surface area is 154 Å². The number of hydrogen-bond donors (Lipinski definition) is 0. The Morgan fingerprint density at radius 2 is 1.76 bits per heavy atom. The summed E-state index contributed by atoms with van der Waals surface area (Å²) in [7, 11) is 6.01. The molecule has 0 bridgehead atoms. The van der Waals surface area contributed by atoms with Crippen molar-refractivity contribution in [3.8, 4) is 17.2 Å². The van der Waals surface area contributed by atoms with Crippen LogP contribution in [0.4, 0.5) is 4.39 Å². The molecule has 0 atom stereocenters. The summed E-state index contributed by atoms with van der Waals surface area (Å²) in [5.41, 5.74) is 0.711. The van der Waals surface area contributed by atoms with Crippen LogP contribution in [0.25, 0.3) is 0 Å². The lowest BCUT2D eigenvalue weighted by Gasteiger charge is -2.21. The van der Waals surface area contributed by atoms with Crippen molar-refractivity contribution < 1.29 is 23.4 Å². The van der Waals surface area contributed by atoms with Crippen LogP contribution in [0.5, 0.6) is 17.2 Å². The highest BCUT2D eigenvalue weighted by Crippen LogP contribution is 2.40. The van der Waals surface area contributed by atoms with Gasteiger partial charge in [-0.2, -0.15) is 0 Å². The minimum absolute atomic E-state index is 0.113. The summed E-state index contributed by atoms with van der Waals surface area (Å²) in [4.78, 5) is 14.2. The molecule has 0 aliphatic rings. The summed E-state index contributed by atoms with van der Waals surface area (Å²) in [5, 5.41) is 0. The first-order valence-electron chi connectivity index (χ1n) is 7.41. The SMILES string of the molecule is COc1ccc(C(=O)N(C)Cc2cc(Br)ccc2F)c(OC)c1OC. The third-order valence-corrected chi connectivity index (χ3v) is 4.19. The number of carbonyl (C=O) groups is 1. The van der Waals surface area contributed by atoms with Crippen LogP contribution in [0, 0.1) is 5.82 Å². The second-order valence-electron chi connectivity index (χ2n) is 5.28. The maximum atomic E-state index is 13.9. The Bertz CT molecular complexity index is 782. The number of amides is 1. The summed E-state index contributed by atoms with van der Waals surface area (Å²) in [6.45, 7) is 0.113. The lowest BCUT2D eigenvalue weighted by Crippen LogP contribution is -2.27. The van der Waals surface area contributed by atoms with Crippen LogP contribution in [0.15, 0.2) is 34.8 Å². The van der Waals surface area contributed by atoms with E-state index in [9.17, 15) is 9.18 Å². The third kappa shape index (κ3) is 4.04. The van der Waals surface area contributed by atoms with Gasteiger partial charge in [0.15, 0.2) is 11.5 Å². The largest absolute Gasteiger partial charge is 0.493 e. The zero-order valence-corrected chi connectivity index (χ0v) is 16.0. The zero-order chi connectivity index (χ0) is 18.6. The smallest absolute Gasteiger partial charge is 0.257 e. The summed E-state index contributed by atoms with van der Waals surface area (Å²) >= 11 is 3.31. The van der Waals surface area contributed by atoms with Crippen molar-refractivity contribution in [2.24, 2.45) is 0 Å². The first-order valence-corrected chi connectivity index (χ1v) is 8.20. The molecule has 0 aliphatic carbocycles. The van der Waals surface area contributed by atoms with Gasteiger partial charge >= 0.3 is 0 Å². The first-order chi connectivity index (χ1) is 11.9. The number of nitrogens with zero attached hydrogens (tertiary/aromatic N) is 1. The van der Waals surface area contributed by atoms with Crippen molar-refractivity contribution in [2.75, 3.05) is 28.4 Å². The van der Waals surface area contributed by atoms with Crippen molar-refractivity contribution in [3.63, 3.8) is 0 Å². The molecule has 0 N–H and O–H groups in total. The molecule has 7 heteroatoms. The van der Waals surface area contributed by atoms with Crippen LogP contribution in [-0.2, 0) is 6.54 Å². The monoisotopic (exact) mass is 411 g/mol. The maximum absolute atomic E-state index is 13.9. The van der Waals surface area contributed by atoms with E-state index >= 15 is 0 Å². The number of benzene rings is 2. The van der Waals surface area contributed by atoms with Crippen molar-refractivity contribution in [2.45, 2.75) is 6.54 Å². The van der Waals surface area contributed by atoms with Gasteiger partial charge in [-0.15, -0.1) is 0 Å². The average Bonchev–Trinajstić information content (AvgIpc) is 2.62. The number of ether oxygens (including phenoxy) is 3. The fourth-order valence-corrected chi connectivity index (χ4v) is 2.88. The molecular weight excluding hydrogens is 393 g/mol. The van der Waals surface area contributed by atoms with E-state index in [1.54, 1.807) is 31.3 Å². The van der Waals surface area contributed by atoms with Crippen molar-refractivity contribution in [1.82, 2.24) is 4.90 Å². The number of hydrogen-bond acceptors (Lipinski definition) is 4. The number of halogens is 2. The summed E-state index contributed by atoms with van der Waals surface area (Å²) in [5.74, 6) is 0.363. The topological polar surface area (TPSA) is 48.0 Å². The van der Waals surface area contributed by atoms with E-state index in [-0.39, 0.29) is 24.0 Å². The summed E-state index contributed by atoms with van der Waals surface area (Å²) < 4.78 is 30.5. The molecular formula is C18H19BrFNO4. The molecule has 0 fully saturated rings. The van der Waals surface area contributed by atoms with Crippen LogP contribution in [0.1, 0.15) is 15.9 Å². The molecule has 5 nitrogen and oxygen atoms in total. The molecule has 0 unspecified atom stereocenters. The summed E-state index contributed by atoms with van der Waals surface area (Å²) in [6.07, 6.45) is 0. The average molecular weight is 412 g/mol. The Kier molecular flexibility index (Phi) is 6.25. The Balaban J connectivity index is 2.35. The molecule has 0 aliphatic heterocycles. The van der Waals surface area contributed by atoms with Crippen LogP contribution in [0.2, 0.25) is 0 Å². The zero-order valence-electron chi connectivity index (χ0n) is 14.4. The van der Waals surface area contributed by atoms with Gasteiger partial charge in [0, 0.05) is 23.6 Å². The van der Waals surface area contributed by atoms with Gasteiger partial charge in [0.05, 0.1) is 26.9 Å². The summed E-state index contributed by atoms with van der Waals surface area (Å²) in [6, 6.07) is 7.83. The molecule has 0 radical (unpaired) electrons. The molecule has 25 heavy (non-hydrogen) atoms. The highest BCUT2D eigenvalue weighted by Gasteiger charge is 2.23. The number of rotatable bonds is 6. The normalized spacial score (nSPS) is 10.3. The molecule has 1 amide bonds. The van der Waals surface area contributed by atoms with Gasteiger partial charge < -0.3 is 19.1 Å². The van der Waals surface area contributed by atoms with Crippen molar-refractivity contribution in [1.29, 1.82) is 0 Å². The van der Waals surface area contributed by atoms with Gasteiger partial charge in [0.2, 0.25) is 5.75 Å². The molecule has 0 saturated heterocycles. The van der Waals surface area contributed by atoms with Gasteiger partial charge in [-0.25, -0.2) is 4.39 Å². The molecule has 2 aromatic carbocycles. The molecule has 0 spiro atoms. The van der Waals surface area contributed by atoms with Gasteiger partial charge in [-0.3, -0.25) is 4.79 Å². The van der Waals surface area contributed by atoms with E-state index in [1.807, 2.05) is 0 Å². The van der Waals surface area contributed by atoms with Gasteiger partial charge in [-0.1, -0.05) is 15.9 Å². The van der Waals surface area contributed by atoms with E-state index in [2.05, 4.69) is 15.9 Å². The highest BCUT2D eigenvalue weighted by molar-refractivity contribution is 9.10. The van der Waals surface area contributed by atoms with Crippen LogP contribution in [-0.4, -0.2) is 39.2 Å². The van der Waals surface area contributed by atoms with E-state index in [1.165, 1.54) is 32.3 Å². The van der Waals surface area contributed by atoms with E-state index in [4.69, 9.17) is 14.2 Å². The highest BCUT2D eigenvalue weighted by atomic mass is 79.9. The second kappa shape index (κ2) is 8.20. The van der Waals surface area contributed by atoms with Crippen LogP contribution in [0.3, 0.4) is 0 Å². The van der Waals surface area contributed by atoms with E-state index in [0.717, 1.165) is 4.47 Å². The molecule has 2 rings (SSSR count). The lowest BCUT2D eigenvalue weighted by atomic mass is 10.1. The van der Waals surface area contributed by atoms with E-state index < -0.39 is 0 Å². The number of methoxy groups -OCH3 is 3. The molecule has 0 aromatic heterocycles. The minimum atomic E-state index is -0.373. The van der Waals surface area contributed by atoms with Gasteiger partial charge in [0.1, 0.15) is 5.82 Å². The first kappa shape index (κ1) is 19.1. The molecule has 2 aromatic rings. The molecule has 0 heterocycles. The van der Waals surface area contributed by atoms with Crippen molar-refractivity contribution >= 4 is 21.8 Å². The predicted molar refractivity (Wildman–Crippen MR) is 96.0 cm³/mol. The van der Waals surface area contributed by atoms with Gasteiger partial charge in [0.25, 0.3) is 5.91 Å². The molecule has 0 saturated carbocycles. The second-order valence-corrected chi connectivity index (χ2v) is 6.19. The number of carbonyl (C=O) groups excluding carboxylic acids is 1. The third-order valence-electron chi connectivity index (χ3n) is 3.70. The predicted octanol–water partition coefficient (Wildman–Crippen LogP) is 3.89. The Hall–Kier alpha value is -2.28. The standard InChI is InChI=1S/C18H19BrFNO4/c1-21(10-11-9-12(19)5-7-14(11)20)18(22)13-6-8-15(23-2)17(25-4)16(13)24-3/h5-9H,10H2,1-4H3. The maximum Gasteiger partial charge on any atom is 0.257 e. The fourth-order valence-electron chi connectivity index (χ4n) is 2.47. The quantitative estimate of drug-likeness (QED) is 0.723. The Morgan fingerprint density at radius 1 is 1.08 bits per heavy atom. The van der Waals surface area contributed by atoms with Gasteiger partial charge in [-0.05, 0) is 30.3 Å². The van der Waals surface area contributed by atoms with Crippen LogP contribution >= 0.6 is 15.9 Å². The Morgan fingerprint density at radius 3 is 2.36 bits per heavy atom. The molecule has 134 valence electrons. The van der Waals surface area contributed by atoms with Crippen LogP contribution < -0.4 is 14.2 Å². The fraction of sp³-hybridized carbons (Fsp3) is 0.278. The lowest BCUT2D eigenvalue weighted by molar-refractivity contribution is 0.0779. The van der Waals surface area contributed by atoms with Crippen molar-refractivity contribution in [3.05, 3.63) is 51.7 Å². The minimum Gasteiger partial charge on any atom is -0.493 e.